The van der Waals surface area contributed by atoms with Crippen LogP contribution in [0, 0.1) is 6.92 Å². The van der Waals surface area contributed by atoms with E-state index in [0.29, 0.717) is 11.0 Å². The number of hydrazone groups is 1. The molecule has 0 radical (unpaired) electrons. The topological polar surface area (TPSA) is 82.9 Å². The molecule has 3 rings (SSSR count). The summed E-state index contributed by atoms with van der Waals surface area (Å²) in [5.41, 5.74) is 3.37. The van der Waals surface area contributed by atoms with Gasteiger partial charge in [0.15, 0.2) is 5.17 Å². The van der Waals surface area contributed by atoms with Crippen molar-refractivity contribution in [1.82, 2.24) is 4.83 Å². The second kappa shape index (κ2) is 8.79. The van der Waals surface area contributed by atoms with Crippen LogP contribution in [0.25, 0.3) is 0 Å². The van der Waals surface area contributed by atoms with Crippen LogP contribution < -0.4 is 10.1 Å². The summed E-state index contributed by atoms with van der Waals surface area (Å²) in [4.78, 5) is 6.99. The minimum Gasteiger partial charge on any atom is -0.335 e. The summed E-state index contributed by atoms with van der Waals surface area (Å²) < 4.78 is 24.7. The van der Waals surface area contributed by atoms with E-state index < -0.39 is 10.0 Å². The van der Waals surface area contributed by atoms with Crippen LogP contribution in [-0.2, 0) is 10.0 Å². The number of sulfonamides is 1. The van der Waals surface area contributed by atoms with Crippen molar-refractivity contribution in [3.63, 3.8) is 0 Å². The monoisotopic (exact) mass is 416 g/mol. The third-order valence-electron chi connectivity index (χ3n) is 4.39. The van der Waals surface area contributed by atoms with Crippen molar-refractivity contribution in [2.45, 2.75) is 37.3 Å². The molecule has 2 N–H and O–H groups in total. The molecule has 0 bridgehead atoms. The molecule has 0 saturated heterocycles. The number of anilines is 1. The highest BCUT2D eigenvalue weighted by Gasteiger charge is 2.17. The summed E-state index contributed by atoms with van der Waals surface area (Å²) in [7, 11) is -3.68. The molecule has 1 aliphatic rings. The van der Waals surface area contributed by atoms with E-state index in [1.54, 1.807) is 43.0 Å². The molecule has 28 heavy (non-hydrogen) atoms. The molecule has 8 heteroatoms. The van der Waals surface area contributed by atoms with Gasteiger partial charge in [0.1, 0.15) is 0 Å². The molecule has 0 saturated carbocycles. The molecule has 1 aliphatic heterocycles. The molecule has 2 aromatic rings. The highest BCUT2D eigenvalue weighted by Crippen LogP contribution is 2.24. The minimum atomic E-state index is -3.68. The Morgan fingerprint density at radius 2 is 1.86 bits per heavy atom. The summed E-state index contributed by atoms with van der Waals surface area (Å²) in [6.45, 7) is 6.70. The summed E-state index contributed by atoms with van der Waals surface area (Å²) >= 11 is 1.76. The first-order valence-electron chi connectivity index (χ1n) is 9.08. The number of rotatable bonds is 6. The van der Waals surface area contributed by atoms with Gasteiger partial charge < -0.3 is 5.32 Å². The standard InChI is InChI=1S/C20H24N4O2S2/c1-4-18-13-21-20(27-18)22-17-9-7-16(8-10-17)15(3)23-24-28(25,26)19-11-5-14(2)6-12-19/h5-12,18,24H,4,13H2,1-3H3,(H,21,22)/b23-15-/t18-/m1/s1. The van der Waals surface area contributed by atoms with Crippen LogP contribution >= 0.6 is 11.8 Å². The number of aliphatic imine (C=N–C) groups is 1. The van der Waals surface area contributed by atoms with Crippen molar-refractivity contribution < 1.29 is 8.42 Å². The lowest BCUT2D eigenvalue weighted by molar-refractivity contribution is 0.584. The largest absolute Gasteiger partial charge is 0.335 e. The predicted octanol–water partition coefficient (Wildman–Crippen LogP) is 3.99. The van der Waals surface area contributed by atoms with Crippen molar-refractivity contribution in [3.8, 4) is 0 Å². The summed E-state index contributed by atoms with van der Waals surface area (Å²) in [5.74, 6) is 0. The minimum absolute atomic E-state index is 0.189. The van der Waals surface area contributed by atoms with Crippen molar-refractivity contribution in [3.05, 3.63) is 59.7 Å². The van der Waals surface area contributed by atoms with Gasteiger partial charge >= 0.3 is 0 Å². The summed E-state index contributed by atoms with van der Waals surface area (Å²) in [6.07, 6.45) is 1.10. The zero-order valence-electron chi connectivity index (χ0n) is 16.1. The van der Waals surface area contributed by atoms with Crippen LogP contribution in [0.15, 0.2) is 63.5 Å². The number of benzene rings is 2. The zero-order chi connectivity index (χ0) is 20.1. The Bertz CT molecular complexity index is 982. The number of thioether (sulfide) groups is 1. The number of hydrogen-bond acceptors (Lipinski definition) is 6. The third kappa shape index (κ3) is 5.14. The van der Waals surface area contributed by atoms with Gasteiger partial charge in [0.05, 0.1) is 17.2 Å². The summed E-state index contributed by atoms with van der Waals surface area (Å²) in [5, 5.41) is 8.86. The van der Waals surface area contributed by atoms with Crippen LogP contribution in [0.4, 0.5) is 5.69 Å². The van der Waals surface area contributed by atoms with E-state index >= 15 is 0 Å². The number of aryl methyl sites for hydroxylation is 1. The smallest absolute Gasteiger partial charge is 0.276 e. The second-order valence-corrected chi connectivity index (χ2v) is 9.55. The Morgan fingerprint density at radius 1 is 1.18 bits per heavy atom. The highest BCUT2D eigenvalue weighted by molar-refractivity contribution is 8.15. The molecule has 0 unspecified atom stereocenters. The van der Waals surface area contributed by atoms with Crippen molar-refractivity contribution >= 4 is 38.4 Å². The van der Waals surface area contributed by atoms with Crippen LogP contribution in [0.3, 0.4) is 0 Å². The molecule has 148 valence electrons. The van der Waals surface area contributed by atoms with E-state index in [1.807, 2.05) is 31.2 Å². The first-order valence-corrected chi connectivity index (χ1v) is 11.4. The Hall–Kier alpha value is -2.32. The number of amidine groups is 1. The van der Waals surface area contributed by atoms with Gasteiger partial charge in [0.2, 0.25) is 0 Å². The van der Waals surface area contributed by atoms with Gasteiger partial charge in [-0.3, -0.25) is 4.99 Å². The fourth-order valence-corrected chi connectivity index (χ4v) is 4.39. The average Bonchev–Trinajstić information content (AvgIpc) is 3.15. The maximum atomic E-state index is 12.3. The normalized spacial score (nSPS) is 17.3. The average molecular weight is 417 g/mol. The van der Waals surface area contributed by atoms with Crippen molar-refractivity contribution in [2.75, 3.05) is 11.9 Å². The van der Waals surface area contributed by atoms with Gasteiger partial charge in [-0.2, -0.15) is 18.4 Å². The lowest BCUT2D eigenvalue weighted by Gasteiger charge is -2.09. The zero-order valence-corrected chi connectivity index (χ0v) is 17.8. The van der Waals surface area contributed by atoms with Crippen LogP contribution in [-0.4, -0.2) is 31.1 Å². The van der Waals surface area contributed by atoms with Gasteiger partial charge in [0, 0.05) is 10.9 Å². The third-order valence-corrected chi connectivity index (χ3v) is 6.89. The van der Waals surface area contributed by atoms with Crippen LogP contribution in [0.1, 0.15) is 31.4 Å². The fraction of sp³-hybridized carbons (Fsp3) is 0.300. The van der Waals surface area contributed by atoms with Gasteiger partial charge in [0.25, 0.3) is 10.0 Å². The molecule has 0 aliphatic carbocycles. The molecule has 0 spiro atoms. The molecule has 1 heterocycles. The molecule has 0 aromatic heterocycles. The second-order valence-electron chi connectivity index (χ2n) is 6.60. The van der Waals surface area contributed by atoms with Crippen molar-refractivity contribution in [2.24, 2.45) is 10.1 Å². The Morgan fingerprint density at radius 3 is 2.46 bits per heavy atom. The molecule has 0 amide bonds. The van der Waals surface area contributed by atoms with E-state index in [4.69, 9.17) is 0 Å². The van der Waals surface area contributed by atoms with Crippen LogP contribution in [0.5, 0.6) is 0 Å². The van der Waals surface area contributed by atoms with E-state index in [0.717, 1.165) is 34.9 Å². The van der Waals surface area contributed by atoms with Gasteiger partial charge in [-0.25, -0.2) is 0 Å². The molecule has 1 atom stereocenters. The predicted molar refractivity (Wildman–Crippen MR) is 118 cm³/mol. The number of nitrogens with zero attached hydrogens (tertiary/aromatic N) is 2. The Kier molecular flexibility index (Phi) is 6.41. The van der Waals surface area contributed by atoms with E-state index in [2.05, 4.69) is 27.2 Å². The SMILES string of the molecule is CC[C@@H]1CN=C(Nc2ccc(/C(C)=N\NS(=O)(=O)c3ccc(C)cc3)cc2)S1. The van der Waals surface area contributed by atoms with E-state index in [9.17, 15) is 8.42 Å². The lowest BCUT2D eigenvalue weighted by Crippen LogP contribution is -2.20. The lowest BCUT2D eigenvalue weighted by atomic mass is 10.1. The Labute approximate surface area is 170 Å². The van der Waals surface area contributed by atoms with Gasteiger partial charge in [-0.15, -0.1) is 0 Å². The van der Waals surface area contributed by atoms with Gasteiger partial charge in [-0.1, -0.05) is 48.5 Å². The first-order chi connectivity index (χ1) is 13.4. The quantitative estimate of drug-likeness (QED) is 0.551. The molecular weight excluding hydrogens is 392 g/mol. The van der Waals surface area contributed by atoms with Crippen molar-refractivity contribution in [1.29, 1.82) is 0 Å². The van der Waals surface area contributed by atoms with Crippen LogP contribution in [0.2, 0.25) is 0 Å². The Balaban J connectivity index is 1.64. The van der Waals surface area contributed by atoms with E-state index in [1.165, 1.54) is 0 Å². The fourth-order valence-electron chi connectivity index (χ4n) is 2.58. The number of nitrogens with one attached hydrogen (secondary N) is 2. The molecule has 6 nitrogen and oxygen atoms in total. The number of hydrogen-bond donors (Lipinski definition) is 2. The summed E-state index contributed by atoms with van der Waals surface area (Å²) in [6, 6.07) is 14.3. The molecule has 2 aromatic carbocycles. The maximum absolute atomic E-state index is 12.3. The molecular formula is C20H24N4O2S2. The maximum Gasteiger partial charge on any atom is 0.276 e. The molecule has 0 fully saturated rings. The van der Waals surface area contributed by atoms with E-state index in [-0.39, 0.29) is 4.90 Å². The highest BCUT2D eigenvalue weighted by atomic mass is 32.2. The van der Waals surface area contributed by atoms with Gasteiger partial charge in [-0.05, 0) is 50.1 Å². The first kappa shape index (κ1) is 20.4.